The lowest BCUT2D eigenvalue weighted by molar-refractivity contribution is 0.100. The van der Waals surface area contributed by atoms with Crippen LogP contribution >= 0.6 is 0 Å². The zero-order valence-electron chi connectivity index (χ0n) is 12.3. The molecule has 0 unspecified atom stereocenters. The molecule has 0 aliphatic carbocycles. The summed E-state index contributed by atoms with van der Waals surface area (Å²) in [6, 6.07) is 5.15. The van der Waals surface area contributed by atoms with Crippen molar-refractivity contribution in [2.45, 2.75) is 19.8 Å². The molecule has 1 aromatic rings. The summed E-state index contributed by atoms with van der Waals surface area (Å²) >= 11 is 0. The lowest BCUT2D eigenvalue weighted by atomic mass is 9.80. The van der Waals surface area contributed by atoms with Gasteiger partial charge in [0.2, 0.25) is 0 Å². The van der Waals surface area contributed by atoms with Crippen LogP contribution in [0.15, 0.2) is 18.2 Å². The number of benzene rings is 1. The molecule has 5 heteroatoms. The van der Waals surface area contributed by atoms with E-state index in [-0.39, 0.29) is 5.41 Å². The fourth-order valence-electron chi connectivity index (χ4n) is 2.57. The minimum atomic E-state index is -0.430. The van der Waals surface area contributed by atoms with Gasteiger partial charge in [-0.15, -0.1) is 0 Å². The number of hydrogen-bond donors (Lipinski definition) is 3. The molecule has 1 saturated heterocycles. The van der Waals surface area contributed by atoms with E-state index in [1.807, 2.05) is 0 Å². The summed E-state index contributed by atoms with van der Waals surface area (Å²) in [5.74, 6) is -0.430. The number of nitrogens with two attached hydrogens (primary N) is 2. The SMILES string of the molecule is CN1CCC(C)(CNc2cc(N)ccc2C(N)=O)CC1. The Balaban J connectivity index is 2.07. The van der Waals surface area contributed by atoms with Crippen molar-refractivity contribution < 1.29 is 4.79 Å². The third kappa shape index (κ3) is 3.42. The Morgan fingerprint density at radius 2 is 2.05 bits per heavy atom. The van der Waals surface area contributed by atoms with E-state index in [4.69, 9.17) is 11.5 Å². The highest BCUT2D eigenvalue weighted by Crippen LogP contribution is 2.31. The van der Waals surface area contributed by atoms with E-state index in [1.165, 1.54) is 0 Å². The van der Waals surface area contributed by atoms with E-state index in [1.54, 1.807) is 18.2 Å². The second-order valence-corrected chi connectivity index (χ2v) is 6.14. The van der Waals surface area contributed by atoms with Gasteiger partial charge in [-0.1, -0.05) is 6.92 Å². The first-order valence-electron chi connectivity index (χ1n) is 7.01. The fraction of sp³-hybridized carbons (Fsp3) is 0.533. The van der Waals surface area contributed by atoms with Gasteiger partial charge in [0.15, 0.2) is 0 Å². The Hall–Kier alpha value is -1.75. The molecule has 0 radical (unpaired) electrons. The number of nitrogen functional groups attached to an aromatic ring is 1. The van der Waals surface area contributed by atoms with Gasteiger partial charge in [0.05, 0.1) is 5.56 Å². The number of carbonyl (C=O) groups is 1. The monoisotopic (exact) mass is 276 g/mol. The quantitative estimate of drug-likeness (QED) is 0.728. The van der Waals surface area contributed by atoms with Crippen molar-refractivity contribution in [3.8, 4) is 0 Å². The molecule has 0 spiro atoms. The summed E-state index contributed by atoms with van der Waals surface area (Å²) in [6.45, 7) is 5.32. The zero-order chi connectivity index (χ0) is 14.8. The molecule has 1 aliphatic rings. The number of anilines is 2. The predicted octanol–water partition coefficient (Wildman–Crippen LogP) is 1.51. The minimum Gasteiger partial charge on any atom is -0.399 e. The number of piperidine rings is 1. The number of rotatable bonds is 4. The zero-order valence-corrected chi connectivity index (χ0v) is 12.3. The molecule has 2 rings (SSSR count). The first-order chi connectivity index (χ1) is 9.39. The maximum Gasteiger partial charge on any atom is 0.250 e. The molecule has 0 bridgehead atoms. The second-order valence-electron chi connectivity index (χ2n) is 6.14. The molecule has 20 heavy (non-hydrogen) atoms. The van der Waals surface area contributed by atoms with Crippen molar-refractivity contribution in [3.05, 3.63) is 23.8 Å². The summed E-state index contributed by atoms with van der Waals surface area (Å²) in [5, 5.41) is 3.36. The van der Waals surface area contributed by atoms with E-state index in [0.717, 1.165) is 38.2 Å². The van der Waals surface area contributed by atoms with Crippen molar-refractivity contribution in [3.63, 3.8) is 0 Å². The smallest absolute Gasteiger partial charge is 0.250 e. The summed E-state index contributed by atoms with van der Waals surface area (Å²) in [7, 11) is 2.15. The maximum atomic E-state index is 11.4. The van der Waals surface area contributed by atoms with Crippen molar-refractivity contribution in [2.75, 3.05) is 37.7 Å². The van der Waals surface area contributed by atoms with Crippen molar-refractivity contribution in [2.24, 2.45) is 11.1 Å². The molecular formula is C15H24N4O. The summed E-state index contributed by atoms with van der Waals surface area (Å²) in [4.78, 5) is 13.8. The number of amides is 1. The van der Waals surface area contributed by atoms with Crippen molar-refractivity contribution >= 4 is 17.3 Å². The molecule has 0 saturated carbocycles. The average molecular weight is 276 g/mol. The molecule has 1 fully saturated rings. The first kappa shape index (κ1) is 14.7. The molecule has 5 N–H and O–H groups in total. The first-order valence-corrected chi connectivity index (χ1v) is 7.01. The molecule has 0 aromatic heterocycles. The van der Waals surface area contributed by atoms with E-state index in [9.17, 15) is 4.79 Å². The Kier molecular flexibility index (Phi) is 4.18. The van der Waals surface area contributed by atoms with Gasteiger partial charge in [0, 0.05) is 17.9 Å². The van der Waals surface area contributed by atoms with Crippen LogP contribution in [0.1, 0.15) is 30.1 Å². The van der Waals surface area contributed by atoms with E-state index < -0.39 is 5.91 Å². The standard InChI is InChI=1S/C15H24N4O/c1-15(5-7-19(2)8-6-15)10-18-13-9-11(16)3-4-12(13)14(17)20/h3-4,9,18H,5-8,10,16H2,1-2H3,(H2,17,20). The lowest BCUT2D eigenvalue weighted by Gasteiger charge is -2.38. The molecule has 1 amide bonds. The highest BCUT2D eigenvalue weighted by molar-refractivity contribution is 5.99. The highest BCUT2D eigenvalue weighted by atomic mass is 16.1. The number of likely N-dealkylation sites (tertiary alicyclic amines) is 1. The number of hydrogen-bond acceptors (Lipinski definition) is 4. The Labute approximate surface area is 120 Å². The van der Waals surface area contributed by atoms with Crippen LogP contribution < -0.4 is 16.8 Å². The Morgan fingerprint density at radius 3 is 2.65 bits per heavy atom. The molecule has 1 heterocycles. The van der Waals surface area contributed by atoms with E-state index in [2.05, 4.69) is 24.2 Å². The van der Waals surface area contributed by atoms with Gasteiger partial charge in [-0.2, -0.15) is 0 Å². The molecule has 1 aromatic carbocycles. The summed E-state index contributed by atoms with van der Waals surface area (Å²) in [5.41, 5.74) is 13.3. The third-order valence-electron chi connectivity index (χ3n) is 4.21. The fourth-order valence-corrected chi connectivity index (χ4v) is 2.57. The van der Waals surface area contributed by atoms with Gasteiger partial charge in [-0.3, -0.25) is 4.79 Å². The van der Waals surface area contributed by atoms with E-state index in [0.29, 0.717) is 11.3 Å². The number of primary amides is 1. The minimum absolute atomic E-state index is 0.242. The number of carbonyl (C=O) groups excluding carboxylic acids is 1. The van der Waals surface area contributed by atoms with Crippen LogP contribution in [0.4, 0.5) is 11.4 Å². The van der Waals surface area contributed by atoms with Gasteiger partial charge in [-0.25, -0.2) is 0 Å². The molecule has 0 atom stereocenters. The average Bonchev–Trinajstić information content (AvgIpc) is 2.40. The lowest BCUT2D eigenvalue weighted by Crippen LogP contribution is -2.40. The molecule has 1 aliphatic heterocycles. The van der Waals surface area contributed by atoms with Crippen molar-refractivity contribution in [1.82, 2.24) is 4.90 Å². The number of nitrogens with one attached hydrogen (secondary N) is 1. The molecule has 110 valence electrons. The second kappa shape index (κ2) is 5.71. The normalized spacial score (nSPS) is 18.7. The highest BCUT2D eigenvalue weighted by Gasteiger charge is 2.28. The molecule has 5 nitrogen and oxygen atoms in total. The Morgan fingerprint density at radius 1 is 1.40 bits per heavy atom. The van der Waals surface area contributed by atoms with E-state index >= 15 is 0 Å². The van der Waals surface area contributed by atoms with Crippen LogP contribution in [0, 0.1) is 5.41 Å². The largest absolute Gasteiger partial charge is 0.399 e. The predicted molar refractivity (Wildman–Crippen MR) is 82.7 cm³/mol. The Bertz CT molecular complexity index is 493. The summed E-state index contributed by atoms with van der Waals surface area (Å²) in [6.07, 6.45) is 2.29. The van der Waals surface area contributed by atoms with Crippen LogP contribution in [0.25, 0.3) is 0 Å². The van der Waals surface area contributed by atoms with Crippen LogP contribution in [0.2, 0.25) is 0 Å². The van der Waals surface area contributed by atoms with Gasteiger partial charge in [-0.05, 0) is 56.6 Å². The summed E-state index contributed by atoms with van der Waals surface area (Å²) < 4.78 is 0. The van der Waals surface area contributed by atoms with Gasteiger partial charge < -0.3 is 21.7 Å². The van der Waals surface area contributed by atoms with Gasteiger partial charge in [0.1, 0.15) is 0 Å². The van der Waals surface area contributed by atoms with Crippen LogP contribution in [-0.4, -0.2) is 37.5 Å². The maximum absolute atomic E-state index is 11.4. The van der Waals surface area contributed by atoms with Crippen LogP contribution in [-0.2, 0) is 0 Å². The van der Waals surface area contributed by atoms with Crippen LogP contribution in [0.5, 0.6) is 0 Å². The van der Waals surface area contributed by atoms with Crippen LogP contribution in [0.3, 0.4) is 0 Å². The van der Waals surface area contributed by atoms with Crippen molar-refractivity contribution in [1.29, 1.82) is 0 Å². The number of nitrogens with zero attached hydrogens (tertiary/aromatic N) is 1. The third-order valence-corrected chi connectivity index (χ3v) is 4.21. The van der Waals surface area contributed by atoms with Gasteiger partial charge in [0.25, 0.3) is 5.91 Å². The van der Waals surface area contributed by atoms with Gasteiger partial charge >= 0.3 is 0 Å². The molecular weight excluding hydrogens is 252 g/mol. The topological polar surface area (TPSA) is 84.4 Å².